The normalized spacial score (nSPS) is 22.4. The van der Waals surface area contributed by atoms with Crippen molar-refractivity contribution in [2.24, 2.45) is 11.7 Å². The van der Waals surface area contributed by atoms with Gasteiger partial charge in [-0.1, -0.05) is 0 Å². The molecule has 2 atom stereocenters. The Hall–Kier alpha value is -1.40. The minimum absolute atomic E-state index is 0.131. The Kier molecular flexibility index (Phi) is 4.21. The van der Waals surface area contributed by atoms with Crippen molar-refractivity contribution in [3.05, 3.63) is 22.2 Å². The first-order chi connectivity index (χ1) is 8.97. The fourth-order valence-electron chi connectivity index (χ4n) is 2.54. The maximum atomic E-state index is 12.0. The average molecular weight is 267 g/mol. The molecule has 1 fully saturated rings. The van der Waals surface area contributed by atoms with Gasteiger partial charge in [-0.05, 0) is 39.2 Å². The Morgan fingerprint density at radius 1 is 1.63 bits per heavy atom. The van der Waals surface area contributed by atoms with Crippen molar-refractivity contribution in [1.82, 2.24) is 9.64 Å². The summed E-state index contributed by atoms with van der Waals surface area (Å²) < 4.78 is 5.93. The lowest BCUT2D eigenvalue weighted by molar-refractivity contribution is 0.0667. The number of aryl methyl sites for hydroxylation is 1. The summed E-state index contributed by atoms with van der Waals surface area (Å²) in [5, 5.41) is 0. The predicted molar refractivity (Wildman–Crippen MR) is 71.1 cm³/mol. The standard InChI is InChI=1S/C13H21N3O3/c1-9-6-12(17)16(19-9)13(18)8-15-5-3-4-11(7-15)10(2)14/h6,10-11H,3-5,7-8,14H2,1-2H3. The van der Waals surface area contributed by atoms with Gasteiger partial charge < -0.3 is 10.3 Å². The monoisotopic (exact) mass is 267 g/mol. The van der Waals surface area contributed by atoms with Crippen molar-refractivity contribution < 1.29 is 9.32 Å². The molecule has 0 aromatic carbocycles. The SMILES string of the molecule is Cc1cc(=O)n(C(=O)CN2CCCC(C(C)N)C2)o1. The van der Waals surface area contributed by atoms with E-state index < -0.39 is 5.56 Å². The summed E-state index contributed by atoms with van der Waals surface area (Å²) in [6, 6.07) is 1.45. The number of hydrogen-bond donors (Lipinski definition) is 1. The summed E-state index contributed by atoms with van der Waals surface area (Å²) in [6.45, 7) is 5.52. The zero-order valence-corrected chi connectivity index (χ0v) is 11.5. The highest BCUT2D eigenvalue weighted by Crippen LogP contribution is 2.18. The highest BCUT2D eigenvalue weighted by atomic mass is 16.5. The van der Waals surface area contributed by atoms with Crippen LogP contribution in [0.4, 0.5) is 0 Å². The molecule has 2 heterocycles. The minimum Gasteiger partial charge on any atom is -0.373 e. The molecule has 2 unspecified atom stereocenters. The lowest BCUT2D eigenvalue weighted by Gasteiger charge is -2.33. The Morgan fingerprint density at radius 2 is 2.37 bits per heavy atom. The lowest BCUT2D eigenvalue weighted by atomic mass is 9.92. The van der Waals surface area contributed by atoms with E-state index >= 15 is 0 Å². The molecular formula is C13H21N3O3. The van der Waals surface area contributed by atoms with Crippen molar-refractivity contribution in [3.8, 4) is 0 Å². The van der Waals surface area contributed by atoms with Gasteiger partial charge in [0.05, 0.1) is 6.54 Å². The molecule has 2 N–H and O–H groups in total. The molecule has 1 saturated heterocycles. The minimum atomic E-state index is -0.400. The molecule has 0 aliphatic carbocycles. The van der Waals surface area contributed by atoms with Crippen LogP contribution in [0.2, 0.25) is 0 Å². The number of nitrogens with zero attached hydrogens (tertiary/aromatic N) is 2. The van der Waals surface area contributed by atoms with E-state index in [-0.39, 0.29) is 18.5 Å². The summed E-state index contributed by atoms with van der Waals surface area (Å²) in [5.74, 6) is 0.547. The molecule has 0 amide bonds. The van der Waals surface area contributed by atoms with Crippen LogP contribution in [0.5, 0.6) is 0 Å². The second-order valence-electron chi connectivity index (χ2n) is 5.37. The summed E-state index contributed by atoms with van der Waals surface area (Å²) >= 11 is 0. The molecule has 0 spiro atoms. The molecule has 19 heavy (non-hydrogen) atoms. The molecule has 0 saturated carbocycles. The van der Waals surface area contributed by atoms with Crippen molar-refractivity contribution in [2.75, 3.05) is 19.6 Å². The van der Waals surface area contributed by atoms with Crippen molar-refractivity contribution >= 4 is 5.91 Å². The smallest absolute Gasteiger partial charge is 0.290 e. The van der Waals surface area contributed by atoms with Gasteiger partial charge in [-0.25, -0.2) is 0 Å². The topological polar surface area (TPSA) is 81.5 Å². The fraction of sp³-hybridized carbons (Fsp3) is 0.692. The summed E-state index contributed by atoms with van der Waals surface area (Å²) in [4.78, 5) is 25.6. The number of carbonyl (C=O) groups excluding carboxylic acids is 1. The number of rotatable bonds is 3. The quantitative estimate of drug-likeness (QED) is 0.860. The number of carbonyl (C=O) groups is 1. The van der Waals surface area contributed by atoms with E-state index in [1.807, 2.05) is 11.8 Å². The van der Waals surface area contributed by atoms with Gasteiger partial charge in [0.2, 0.25) is 0 Å². The van der Waals surface area contributed by atoms with Gasteiger partial charge in [0, 0.05) is 18.7 Å². The average Bonchev–Trinajstić information content (AvgIpc) is 2.69. The predicted octanol–water partition coefficient (Wildman–Crippen LogP) is 0.449. The highest BCUT2D eigenvalue weighted by molar-refractivity contribution is 5.79. The maximum Gasteiger partial charge on any atom is 0.290 e. The van der Waals surface area contributed by atoms with Gasteiger partial charge in [-0.2, -0.15) is 0 Å². The Labute approximate surface area is 112 Å². The van der Waals surface area contributed by atoms with Crippen LogP contribution in [-0.2, 0) is 0 Å². The summed E-state index contributed by atoms with van der Waals surface area (Å²) in [5.41, 5.74) is 5.51. The van der Waals surface area contributed by atoms with Crippen LogP contribution in [0, 0.1) is 12.8 Å². The number of likely N-dealkylation sites (tertiary alicyclic amines) is 1. The molecule has 1 aromatic rings. The number of nitrogens with two attached hydrogens (primary N) is 1. The molecule has 1 aliphatic rings. The van der Waals surface area contributed by atoms with E-state index in [4.69, 9.17) is 10.3 Å². The van der Waals surface area contributed by atoms with Crippen molar-refractivity contribution in [2.45, 2.75) is 32.7 Å². The fourth-order valence-corrected chi connectivity index (χ4v) is 2.54. The lowest BCUT2D eigenvalue weighted by Crippen LogP contribution is -2.45. The van der Waals surface area contributed by atoms with E-state index in [9.17, 15) is 9.59 Å². The van der Waals surface area contributed by atoms with Crippen LogP contribution in [0.1, 0.15) is 30.3 Å². The maximum absolute atomic E-state index is 12.0. The molecule has 106 valence electrons. The first-order valence-corrected chi connectivity index (χ1v) is 6.68. The zero-order chi connectivity index (χ0) is 14.0. The summed E-state index contributed by atoms with van der Waals surface area (Å²) in [7, 11) is 0. The second-order valence-corrected chi connectivity index (χ2v) is 5.37. The van der Waals surface area contributed by atoms with Crippen LogP contribution in [-0.4, -0.2) is 41.2 Å². The molecule has 6 heteroatoms. The third-order valence-electron chi connectivity index (χ3n) is 3.63. The summed E-state index contributed by atoms with van der Waals surface area (Å²) in [6.07, 6.45) is 2.13. The van der Waals surface area contributed by atoms with Gasteiger partial charge in [0.15, 0.2) is 0 Å². The van der Waals surface area contributed by atoms with Crippen molar-refractivity contribution in [1.29, 1.82) is 0 Å². The van der Waals surface area contributed by atoms with Gasteiger partial charge in [0.1, 0.15) is 5.76 Å². The van der Waals surface area contributed by atoms with E-state index in [1.54, 1.807) is 6.92 Å². The second kappa shape index (κ2) is 5.71. The first kappa shape index (κ1) is 14.0. The molecule has 6 nitrogen and oxygen atoms in total. The van der Waals surface area contributed by atoms with Gasteiger partial charge in [-0.15, -0.1) is 4.74 Å². The molecule has 1 aromatic heterocycles. The van der Waals surface area contributed by atoms with Crippen LogP contribution in [0.15, 0.2) is 15.4 Å². The van der Waals surface area contributed by atoms with Gasteiger partial charge >= 0.3 is 0 Å². The third kappa shape index (κ3) is 3.33. The molecular weight excluding hydrogens is 246 g/mol. The van der Waals surface area contributed by atoms with E-state index in [0.717, 1.165) is 30.7 Å². The van der Waals surface area contributed by atoms with E-state index in [1.165, 1.54) is 6.07 Å². The number of aromatic nitrogens is 1. The Balaban J connectivity index is 1.99. The van der Waals surface area contributed by atoms with E-state index in [2.05, 4.69) is 0 Å². The number of piperidine rings is 1. The first-order valence-electron chi connectivity index (χ1n) is 6.68. The van der Waals surface area contributed by atoms with Crippen LogP contribution < -0.4 is 11.3 Å². The molecule has 0 radical (unpaired) electrons. The van der Waals surface area contributed by atoms with Gasteiger partial charge in [-0.3, -0.25) is 14.5 Å². The number of hydrogen-bond acceptors (Lipinski definition) is 5. The Morgan fingerprint density at radius 3 is 2.95 bits per heavy atom. The largest absolute Gasteiger partial charge is 0.373 e. The van der Waals surface area contributed by atoms with Crippen LogP contribution in [0.3, 0.4) is 0 Å². The molecule has 0 bridgehead atoms. The van der Waals surface area contributed by atoms with Crippen LogP contribution >= 0.6 is 0 Å². The van der Waals surface area contributed by atoms with E-state index in [0.29, 0.717) is 11.7 Å². The van der Waals surface area contributed by atoms with Gasteiger partial charge in [0.25, 0.3) is 11.5 Å². The Bertz CT molecular complexity index is 503. The zero-order valence-electron chi connectivity index (χ0n) is 11.5. The third-order valence-corrected chi connectivity index (χ3v) is 3.63. The molecule has 2 rings (SSSR count). The van der Waals surface area contributed by atoms with Crippen LogP contribution in [0.25, 0.3) is 0 Å². The molecule has 1 aliphatic heterocycles. The van der Waals surface area contributed by atoms with Crippen molar-refractivity contribution in [3.63, 3.8) is 0 Å². The highest BCUT2D eigenvalue weighted by Gasteiger charge is 2.25.